The molecule has 2 aliphatic heterocycles. The van der Waals surface area contributed by atoms with Crippen LogP contribution in [-0.2, 0) is 11.0 Å². The third kappa shape index (κ3) is 5.44. The van der Waals surface area contributed by atoms with Crippen LogP contribution in [0.1, 0.15) is 11.6 Å². The summed E-state index contributed by atoms with van der Waals surface area (Å²) < 4.78 is 67.2. The summed E-state index contributed by atoms with van der Waals surface area (Å²) in [7, 11) is 0. The fourth-order valence-corrected chi connectivity index (χ4v) is 8.13. The number of halogens is 4. The first-order valence-corrected chi connectivity index (χ1v) is 16.2. The zero-order chi connectivity index (χ0) is 33.0. The van der Waals surface area contributed by atoms with Gasteiger partial charge in [0.1, 0.15) is 24.0 Å². The number of nitrogens with zero attached hydrogens (tertiary/aromatic N) is 5. The van der Waals surface area contributed by atoms with E-state index in [4.69, 9.17) is 4.74 Å². The van der Waals surface area contributed by atoms with Gasteiger partial charge < -0.3 is 19.5 Å². The second-order valence-corrected chi connectivity index (χ2v) is 12.9. The van der Waals surface area contributed by atoms with Crippen molar-refractivity contribution in [1.29, 1.82) is 0 Å². The number of carbonyl (C=O) groups is 1. The highest BCUT2D eigenvalue weighted by Crippen LogP contribution is 2.51. The zero-order valence-corrected chi connectivity index (χ0v) is 26.0. The standard InChI is InChI=1S/C31H24F4N6O4S2/c1-2-22(42)39-9-11-40(12-10-39)28-19-13-20(31(33,34)35)23(18-3-4-21(32)26-24(18)37-30(44)47-26)27-25(19)41(29(43)38-28)16(15-46-27)14-45-17-5-7-36-8-6-17/h2-8,13,16H,1,9-12,14-15H2,(H,37,44)/t16-/m0/s1. The summed E-state index contributed by atoms with van der Waals surface area (Å²) in [5.41, 5.74) is -1.82. The van der Waals surface area contributed by atoms with Gasteiger partial charge >= 0.3 is 16.7 Å². The Bertz CT molecular complexity index is 2180. The molecule has 0 radical (unpaired) electrons. The van der Waals surface area contributed by atoms with E-state index in [0.29, 0.717) is 17.1 Å². The average Bonchev–Trinajstić information content (AvgIpc) is 3.47. The van der Waals surface area contributed by atoms with E-state index in [1.54, 1.807) is 34.3 Å². The maximum Gasteiger partial charge on any atom is 0.417 e. The first-order valence-electron chi connectivity index (χ1n) is 14.4. The van der Waals surface area contributed by atoms with Crippen molar-refractivity contribution in [3.8, 4) is 16.9 Å². The van der Waals surface area contributed by atoms with Crippen molar-refractivity contribution in [2.24, 2.45) is 0 Å². The molecule has 0 spiro atoms. The summed E-state index contributed by atoms with van der Waals surface area (Å²) in [6.07, 6.45) is -0.594. The van der Waals surface area contributed by atoms with E-state index in [1.807, 2.05) is 0 Å². The number of carbonyl (C=O) groups excluding carboxylic acids is 1. The van der Waals surface area contributed by atoms with E-state index in [9.17, 15) is 18.8 Å². The second-order valence-electron chi connectivity index (χ2n) is 10.9. The van der Waals surface area contributed by atoms with Crippen molar-refractivity contribution in [2.45, 2.75) is 17.1 Å². The van der Waals surface area contributed by atoms with Crippen molar-refractivity contribution in [3.63, 3.8) is 0 Å². The van der Waals surface area contributed by atoms with Gasteiger partial charge in [0.25, 0.3) is 0 Å². The van der Waals surface area contributed by atoms with Crippen molar-refractivity contribution in [2.75, 3.05) is 43.4 Å². The number of pyridine rings is 1. The summed E-state index contributed by atoms with van der Waals surface area (Å²) in [5.74, 6) is -0.290. The Morgan fingerprint density at radius 3 is 2.57 bits per heavy atom. The van der Waals surface area contributed by atoms with Crippen molar-refractivity contribution >= 4 is 55.9 Å². The fourth-order valence-electron chi connectivity index (χ4n) is 6.05. The van der Waals surface area contributed by atoms with Crippen LogP contribution >= 0.6 is 23.1 Å². The molecule has 5 aromatic rings. The lowest BCUT2D eigenvalue weighted by molar-refractivity contribution is -0.137. The number of anilines is 1. The molecule has 0 unspecified atom stereocenters. The molecule has 0 saturated carbocycles. The van der Waals surface area contributed by atoms with Crippen LogP contribution in [-0.4, -0.2) is 68.9 Å². The van der Waals surface area contributed by atoms with E-state index in [1.165, 1.54) is 16.7 Å². The largest absolute Gasteiger partial charge is 0.491 e. The molecule has 3 aromatic heterocycles. The first-order chi connectivity index (χ1) is 22.5. The summed E-state index contributed by atoms with van der Waals surface area (Å²) in [6.45, 7) is 4.48. The number of piperazine rings is 1. The highest BCUT2D eigenvalue weighted by atomic mass is 32.2. The predicted molar refractivity (Wildman–Crippen MR) is 171 cm³/mol. The molecule has 242 valence electrons. The molecule has 10 nitrogen and oxygen atoms in total. The van der Waals surface area contributed by atoms with Crippen molar-refractivity contribution < 1.29 is 27.1 Å². The Hall–Kier alpha value is -4.70. The number of aromatic amines is 1. The van der Waals surface area contributed by atoms with Crippen LogP contribution in [0.25, 0.3) is 32.2 Å². The van der Waals surface area contributed by atoms with Gasteiger partial charge in [-0.05, 0) is 36.4 Å². The van der Waals surface area contributed by atoms with Crippen LogP contribution in [0.5, 0.6) is 5.75 Å². The molecule has 1 N–H and O–H groups in total. The first kappa shape index (κ1) is 30.9. The van der Waals surface area contributed by atoms with Crippen LogP contribution in [0.3, 0.4) is 0 Å². The third-order valence-electron chi connectivity index (χ3n) is 8.19. The number of thioether (sulfide) groups is 1. The molecule has 1 amide bonds. The van der Waals surface area contributed by atoms with Gasteiger partial charge in [0, 0.05) is 65.7 Å². The molecular weight excluding hydrogens is 661 g/mol. The number of hydrogen-bond acceptors (Lipinski definition) is 9. The SMILES string of the molecule is C=CC(=O)N1CCN(c2nc(=O)n3c4c(c(-c5ccc(F)c6sc(=O)[nH]c56)c(C(F)(F)F)cc24)SC[C@@H]3COc2ccncc2)CC1. The minimum atomic E-state index is -4.88. The van der Waals surface area contributed by atoms with Crippen LogP contribution in [0.15, 0.2) is 69.9 Å². The number of ether oxygens (including phenoxy) is 1. The van der Waals surface area contributed by atoms with Crippen LogP contribution < -0.4 is 20.2 Å². The minimum absolute atomic E-state index is 0.0168. The normalized spacial score (nSPS) is 16.6. The number of rotatable bonds is 6. The van der Waals surface area contributed by atoms with E-state index in [0.717, 1.165) is 23.9 Å². The summed E-state index contributed by atoms with van der Waals surface area (Å²) in [4.78, 5) is 52.0. The van der Waals surface area contributed by atoms with Gasteiger partial charge in [-0.3, -0.25) is 19.1 Å². The lowest BCUT2D eigenvalue weighted by atomic mass is 9.95. The number of fused-ring (bicyclic) bond motifs is 1. The molecule has 2 aromatic carbocycles. The number of benzene rings is 2. The topological polar surface area (TPSA) is 113 Å². The molecule has 7 rings (SSSR count). The molecule has 5 heterocycles. The van der Waals surface area contributed by atoms with Gasteiger partial charge in [0.05, 0.1) is 27.3 Å². The zero-order valence-electron chi connectivity index (χ0n) is 24.3. The molecule has 2 aliphatic rings. The van der Waals surface area contributed by atoms with Gasteiger partial charge in [-0.1, -0.05) is 17.9 Å². The van der Waals surface area contributed by atoms with Crippen LogP contribution in [0, 0.1) is 5.82 Å². The van der Waals surface area contributed by atoms with Gasteiger partial charge in [0.2, 0.25) is 5.91 Å². The maximum absolute atomic E-state index is 15.1. The number of nitrogens with one attached hydrogen (secondary N) is 1. The molecule has 0 bridgehead atoms. The molecular formula is C31H24F4N6O4S2. The number of alkyl halides is 3. The molecule has 47 heavy (non-hydrogen) atoms. The van der Waals surface area contributed by atoms with E-state index >= 15 is 13.2 Å². The maximum atomic E-state index is 15.1. The number of amides is 1. The van der Waals surface area contributed by atoms with Crippen LogP contribution in [0.2, 0.25) is 0 Å². The molecule has 1 saturated heterocycles. The summed E-state index contributed by atoms with van der Waals surface area (Å²) in [5, 5.41) is 0.0949. The van der Waals surface area contributed by atoms with Gasteiger partial charge in [-0.25, -0.2) is 9.18 Å². The Morgan fingerprint density at radius 2 is 1.87 bits per heavy atom. The molecule has 0 aliphatic carbocycles. The molecule has 1 fully saturated rings. The summed E-state index contributed by atoms with van der Waals surface area (Å²) in [6, 6.07) is 5.91. The van der Waals surface area contributed by atoms with Crippen molar-refractivity contribution in [3.05, 3.63) is 86.9 Å². The Kier molecular flexibility index (Phi) is 7.78. The Labute approximate surface area is 271 Å². The lowest BCUT2D eigenvalue weighted by Gasteiger charge is -2.37. The van der Waals surface area contributed by atoms with Crippen LogP contribution in [0.4, 0.5) is 23.4 Å². The van der Waals surface area contributed by atoms with Gasteiger partial charge in [-0.2, -0.15) is 18.2 Å². The smallest absolute Gasteiger partial charge is 0.417 e. The fraction of sp³-hybridized carbons (Fsp3) is 0.258. The quantitative estimate of drug-likeness (QED) is 0.195. The van der Waals surface area contributed by atoms with Gasteiger partial charge in [-0.15, -0.1) is 11.8 Å². The number of aromatic nitrogens is 4. The lowest BCUT2D eigenvalue weighted by Crippen LogP contribution is -2.49. The van der Waals surface area contributed by atoms with Crippen molar-refractivity contribution in [1.82, 2.24) is 24.4 Å². The molecule has 16 heteroatoms. The molecule has 1 atom stereocenters. The Balaban J connectivity index is 1.48. The Morgan fingerprint density at radius 1 is 1.13 bits per heavy atom. The summed E-state index contributed by atoms with van der Waals surface area (Å²) >= 11 is 1.69. The predicted octanol–water partition coefficient (Wildman–Crippen LogP) is 5.08. The number of H-pyrrole nitrogens is 1. The highest BCUT2D eigenvalue weighted by Gasteiger charge is 2.40. The van der Waals surface area contributed by atoms with E-state index in [-0.39, 0.29) is 87.4 Å². The average molecular weight is 685 g/mol. The highest BCUT2D eigenvalue weighted by molar-refractivity contribution is 7.99. The third-order valence-corrected chi connectivity index (χ3v) is 10.3. The second kappa shape index (κ2) is 11.8. The monoisotopic (exact) mass is 684 g/mol. The number of hydrogen-bond donors (Lipinski definition) is 1. The minimum Gasteiger partial charge on any atom is -0.491 e. The van der Waals surface area contributed by atoms with E-state index < -0.39 is 34.2 Å². The number of thiazole rings is 1. The van der Waals surface area contributed by atoms with E-state index in [2.05, 4.69) is 21.5 Å². The van der Waals surface area contributed by atoms with Gasteiger partial charge in [0.15, 0.2) is 0 Å².